The van der Waals surface area contributed by atoms with Crippen LogP contribution in [-0.4, -0.2) is 6.61 Å². The number of halogens is 3. The van der Waals surface area contributed by atoms with Crippen LogP contribution in [0, 0.1) is 3.57 Å². The first-order valence-corrected chi connectivity index (χ1v) is 8.94. The average Bonchev–Trinajstić information content (AvgIpc) is 2.90. The van der Waals surface area contributed by atoms with E-state index in [1.807, 2.05) is 18.2 Å². The molecule has 2 aromatic rings. The van der Waals surface area contributed by atoms with E-state index < -0.39 is 0 Å². The van der Waals surface area contributed by atoms with Crippen LogP contribution in [0.5, 0.6) is 5.75 Å². The molecule has 1 unspecified atom stereocenters. The Labute approximate surface area is 151 Å². The third-order valence-corrected chi connectivity index (χ3v) is 5.67. The Bertz CT molecular complexity index is 692. The van der Waals surface area contributed by atoms with Gasteiger partial charge < -0.3 is 10.5 Å². The van der Waals surface area contributed by atoms with Gasteiger partial charge in [0.2, 0.25) is 0 Å². The molecule has 3 rings (SSSR count). The second-order valence-electron chi connectivity index (χ2n) is 5.14. The molecular weight excluding hydrogens is 464 g/mol. The first-order chi connectivity index (χ1) is 10.0. The lowest BCUT2D eigenvalue weighted by molar-refractivity contribution is 0.352. The third-order valence-electron chi connectivity index (χ3n) is 3.64. The Kier molecular flexibility index (Phi) is 4.78. The first kappa shape index (κ1) is 15.6. The summed E-state index contributed by atoms with van der Waals surface area (Å²) in [6.45, 7) is 0.753. The van der Waals surface area contributed by atoms with Crippen LogP contribution < -0.4 is 10.5 Å². The average molecular weight is 479 g/mol. The summed E-state index contributed by atoms with van der Waals surface area (Å²) in [7, 11) is 0. The summed E-state index contributed by atoms with van der Waals surface area (Å²) in [4.78, 5) is 0. The molecule has 2 aromatic carbocycles. The van der Waals surface area contributed by atoms with Crippen molar-refractivity contribution in [3.05, 3.63) is 60.1 Å². The van der Waals surface area contributed by atoms with E-state index in [0.717, 1.165) is 49.4 Å². The molecular formula is C16H14BrClINO. The summed E-state index contributed by atoms with van der Waals surface area (Å²) in [6.07, 6.45) is 1.70. The van der Waals surface area contributed by atoms with Gasteiger partial charge in [-0.15, -0.1) is 0 Å². The van der Waals surface area contributed by atoms with Gasteiger partial charge in [0.1, 0.15) is 5.75 Å². The lowest BCUT2D eigenvalue weighted by Crippen LogP contribution is -2.14. The number of hydrogen-bond donors (Lipinski definition) is 1. The Balaban J connectivity index is 1.88. The molecule has 1 aliphatic heterocycles. The zero-order valence-corrected chi connectivity index (χ0v) is 15.7. The summed E-state index contributed by atoms with van der Waals surface area (Å²) in [6, 6.07) is 10.1. The maximum Gasteiger partial charge on any atom is 0.125 e. The second-order valence-corrected chi connectivity index (χ2v) is 7.62. The van der Waals surface area contributed by atoms with Crippen LogP contribution in [0.25, 0.3) is 0 Å². The van der Waals surface area contributed by atoms with Gasteiger partial charge in [-0.3, -0.25) is 0 Å². The standard InChI is InChI=1S/C16H14BrClINO/c17-12-5-10-3-4-21-16(10)11(6-12)8-15(20)9-1-2-14(19)13(18)7-9/h1-2,5-7,15H,3-4,8,20H2. The molecule has 1 atom stereocenters. The molecule has 1 heterocycles. The summed E-state index contributed by atoms with van der Waals surface area (Å²) in [5.74, 6) is 1.00. The minimum absolute atomic E-state index is 0.0953. The minimum Gasteiger partial charge on any atom is -0.493 e. The second kappa shape index (κ2) is 6.44. The van der Waals surface area contributed by atoms with E-state index in [1.165, 1.54) is 5.56 Å². The molecule has 0 fully saturated rings. The van der Waals surface area contributed by atoms with Crippen LogP contribution >= 0.6 is 50.1 Å². The number of nitrogens with two attached hydrogens (primary N) is 1. The van der Waals surface area contributed by atoms with E-state index in [9.17, 15) is 0 Å². The van der Waals surface area contributed by atoms with Gasteiger partial charge in [-0.2, -0.15) is 0 Å². The molecule has 0 aromatic heterocycles. The molecule has 21 heavy (non-hydrogen) atoms. The molecule has 110 valence electrons. The highest BCUT2D eigenvalue weighted by atomic mass is 127. The Morgan fingerprint density at radius 1 is 1.33 bits per heavy atom. The van der Waals surface area contributed by atoms with Crippen molar-refractivity contribution in [2.45, 2.75) is 18.9 Å². The smallest absolute Gasteiger partial charge is 0.125 e. The van der Waals surface area contributed by atoms with Crippen molar-refractivity contribution in [3.8, 4) is 5.75 Å². The van der Waals surface area contributed by atoms with E-state index in [0.29, 0.717) is 0 Å². The quantitative estimate of drug-likeness (QED) is 0.638. The topological polar surface area (TPSA) is 35.2 Å². The largest absolute Gasteiger partial charge is 0.493 e. The van der Waals surface area contributed by atoms with E-state index in [1.54, 1.807) is 0 Å². The fraction of sp³-hybridized carbons (Fsp3) is 0.250. The van der Waals surface area contributed by atoms with Gasteiger partial charge in [-0.05, 0) is 70.0 Å². The molecule has 2 nitrogen and oxygen atoms in total. The van der Waals surface area contributed by atoms with Gasteiger partial charge >= 0.3 is 0 Å². The van der Waals surface area contributed by atoms with Gasteiger partial charge in [0.25, 0.3) is 0 Å². The van der Waals surface area contributed by atoms with Crippen molar-refractivity contribution in [2.24, 2.45) is 5.73 Å². The molecule has 2 N–H and O–H groups in total. The molecule has 0 aliphatic carbocycles. The number of hydrogen-bond acceptors (Lipinski definition) is 2. The molecule has 1 aliphatic rings. The van der Waals surface area contributed by atoms with Crippen LogP contribution in [0.3, 0.4) is 0 Å². The fourth-order valence-electron chi connectivity index (χ4n) is 2.60. The van der Waals surface area contributed by atoms with E-state index >= 15 is 0 Å². The maximum absolute atomic E-state index is 6.36. The number of fused-ring (bicyclic) bond motifs is 1. The van der Waals surface area contributed by atoms with Crippen LogP contribution in [0.2, 0.25) is 5.02 Å². The molecule has 0 spiro atoms. The zero-order valence-electron chi connectivity index (χ0n) is 11.2. The van der Waals surface area contributed by atoms with Crippen molar-refractivity contribution in [1.29, 1.82) is 0 Å². The van der Waals surface area contributed by atoms with Crippen molar-refractivity contribution in [2.75, 3.05) is 6.61 Å². The van der Waals surface area contributed by atoms with Gasteiger partial charge in [0.15, 0.2) is 0 Å². The lowest BCUT2D eigenvalue weighted by Gasteiger charge is -2.15. The zero-order chi connectivity index (χ0) is 15.0. The van der Waals surface area contributed by atoms with Gasteiger partial charge in [-0.25, -0.2) is 0 Å². The summed E-state index contributed by atoms with van der Waals surface area (Å²) in [5, 5.41) is 0.749. The van der Waals surface area contributed by atoms with E-state index in [2.05, 4.69) is 50.7 Å². The SMILES string of the molecule is NC(Cc1cc(Br)cc2c1OCC2)c1ccc(I)c(Cl)c1. The van der Waals surface area contributed by atoms with Crippen LogP contribution in [0.15, 0.2) is 34.8 Å². The minimum atomic E-state index is -0.0953. The highest BCUT2D eigenvalue weighted by Gasteiger charge is 2.19. The number of rotatable bonds is 3. The summed E-state index contributed by atoms with van der Waals surface area (Å²) >= 11 is 12.0. The normalized spacial score (nSPS) is 14.7. The molecule has 0 saturated heterocycles. The van der Waals surface area contributed by atoms with Crippen molar-refractivity contribution in [3.63, 3.8) is 0 Å². The van der Waals surface area contributed by atoms with Crippen molar-refractivity contribution in [1.82, 2.24) is 0 Å². The summed E-state index contributed by atoms with van der Waals surface area (Å²) < 4.78 is 7.88. The van der Waals surface area contributed by atoms with E-state index in [-0.39, 0.29) is 6.04 Å². The Hall–Kier alpha value is -0.300. The monoisotopic (exact) mass is 477 g/mol. The molecule has 5 heteroatoms. The molecule has 0 radical (unpaired) electrons. The molecule has 0 saturated carbocycles. The Morgan fingerprint density at radius 3 is 2.90 bits per heavy atom. The van der Waals surface area contributed by atoms with Crippen LogP contribution in [0.4, 0.5) is 0 Å². The highest BCUT2D eigenvalue weighted by molar-refractivity contribution is 14.1. The maximum atomic E-state index is 6.36. The van der Waals surface area contributed by atoms with Crippen molar-refractivity contribution >= 4 is 50.1 Å². The lowest BCUT2D eigenvalue weighted by atomic mass is 9.97. The summed E-state index contributed by atoms with van der Waals surface area (Å²) in [5.41, 5.74) is 9.82. The number of benzene rings is 2. The van der Waals surface area contributed by atoms with Crippen LogP contribution in [0.1, 0.15) is 22.7 Å². The van der Waals surface area contributed by atoms with Gasteiger partial charge in [-0.1, -0.05) is 33.6 Å². The first-order valence-electron chi connectivity index (χ1n) is 6.69. The van der Waals surface area contributed by atoms with E-state index in [4.69, 9.17) is 22.1 Å². The number of ether oxygens (including phenoxy) is 1. The van der Waals surface area contributed by atoms with Crippen LogP contribution in [-0.2, 0) is 12.8 Å². The highest BCUT2D eigenvalue weighted by Crippen LogP contribution is 2.35. The van der Waals surface area contributed by atoms with Crippen molar-refractivity contribution < 1.29 is 4.74 Å². The fourth-order valence-corrected chi connectivity index (χ4v) is 3.67. The molecule has 0 amide bonds. The predicted molar refractivity (Wildman–Crippen MR) is 98.1 cm³/mol. The predicted octanol–water partition coefficient (Wildman–Crippen LogP) is 4.88. The molecule has 0 bridgehead atoms. The Morgan fingerprint density at radius 2 is 2.14 bits per heavy atom. The third kappa shape index (κ3) is 3.38. The van der Waals surface area contributed by atoms with Gasteiger partial charge in [0.05, 0.1) is 11.6 Å². The van der Waals surface area contributed by atoms with Gasteiger partial charge in [0, 0.05) is 20.5 Å².